The molecule has 0 unspecified atom stereocenters. The van der Waals surface area contributed by atoms with Crippen molar-refractivity contribution in [1.82, 2.24) is 15.2 Å². The van der Waals surface area contributed by atoms with Gasteiger partial charge in [0.25, 0.3) is 0 Å². The second-order valence-electron chi connectivity index (χ2n) is 1.47. The Balaban J connectivity index is 0. The number of nitrogens with zero attached hydrogens (tertiary/aromatic N) is 4. The van der Waals surface area contributed by atoms with Crippen molar-refractivity contribution in [2.24, 2.45) is 0 Å². The SMILES string of the molecule is O=[N+]([O-])c1n[nH]c([N+](=O)[O-])n1.[H-].[K+]. The Bertz CT molecular complexity index is 285. The zero-order chi connectivity index (χ0) is 8.43. The molecule has 9 nitrogen and oxygen atoms in total. The molecule has 0 spiro atoms. The summed E-state index contributed by atoms with van der Waals surface area (Å²) in [7, 11) is 0. The van der Waals surface area contributed by atoms with E-state index in [1.807, 2.05) is 0 Å². The summed E-state index contributed by atoms with van der Waals surface area (Å²) >= 11 is 0. The Morgan fingerprint density at radius 3 is 2.17 bits per heavy atom. The first kappa shape index (κ1) is 11.6. The van der Waals surface area contributed by atoms with Crippen LogP contribution in [-0.2, 0) is 0 Å². The molecule has 0 saturated heterocycles. The van der Waals surface area contributed by atoms with Crippen molar-refractivity contribution >= 4 is 11.9 Å². The van der Waals surface area contributed by atoms with Crippen LogP contribution in [0.1, 0.15) is 1.43 Å². The molecule has 0 atom stereocenters. The molecule has 1 aromatic rings. The summed E-state index contributed by atoms with van der Waals surface area (Å²) in [6.07, 6.45) is 0. The Morgan fingerprint density at radius 2 is 1.92 bits per heavy atom. The second-order valence-corrected chi connectivity index (χ2v) is 1.47. The van der Waals surface area contributed by atoms with Gasteiger partial charge in [0.15, 0.2) is 0 Å². The molecule has 0 aromatic carbocycles. The van der Waals surface area contributed by atoms with Gasteiger partial charge in [0.2, 0.25) is 0 Å². The predicted molar refractivity (Wildman–Crippen MR) is 30.8 cm³/mol. The van der Waals surface area contributed by atoms with Crippen LogP contribution in [0.15, 0.2) is 0 Å². The zero-order valence-corrected chi connectivity index (χ0v) is 9.04. The maximum absolute atomic E-state index is 9.89. The van der Waals surface area contributed by atoms with Crippen LogP contribution in [0, 0.1) is 20.2 Å². The van der Waals surface area contributed by atoms with Crippen molar-refractivity contribution in [3.8, 4) is 0 Å². The minimum atomic E-state index is -0.927. The third kappa shape index (κ3) is 2.56. The number of hydrogen-bond donors (Lipinski definition) is 1. The van der Waals surface area contributed by atoms with Crippen LogP contribution in [0.25, 0.3) is 0 Å². The first-order valence-electron chi connectivity index (χ1n) is 2.32. The summed E-state index contributed by atoms with van der Waals surface area (Å²) < 4.78 is 0. The predicted octanol–water partition coefficient (Wildman–Crippen LogP) is -3.26. The second kappa shape index (κ2) is 4.56. The van der Waals surface area contributed by atoms with Gasteiger partial charge < -0.3 is 21.7 Å². The summed E-state index contributed by atoms with van der Waals surface area (Å²) in [4.78, 5) is 20.9. The number of nitrogens with one attached hydrogen (secondary N) is 1. The first-order valence-corrected chi connectivity index (χ1v) is 2.32. The molecule has 0 saturated carbocycles. The summed E-state index contributed by atoms with van der Waals surface area (Å²) in [5.41, 5.74) is 0. The average Bonchev–Trinajstić information content (AvgIpc) is 2.33. The minimum Gasteiger partial charge on any atom is -1.00 e. The summed E-state index contributed by atoms with van der Waals surface area (Å²) in [6.45, 7) is 0. The molecule has 12 heavy (non-hydrogen) atoms. The number of nitro groups is 2. The van der Waals surface area contributed by atoms with Crippen molar-refractivity contribution in [2.45, 2.75) is 0 Å². The van der Waals surface area contributed by atoms with Crippen LogP contribution in [0.3, 0.4) is 0 Å². The molecule has 60 valence electrons. The van der Waals surface area contributed by atoms with Crippen molar-refractivity contribution in [2.75, 3.05) is 0 Å². The van der Waals surface area contributed by atoms with E-state index in [9.17, 15) is 20.2 Å². The maximum atomic E-state index is 9.89. The van der Waals surface area contributed by atoms with Crippen molar-refractivity contribution in [3.63, 3.8) is 0 Å². The normalized spacial score (nSPS) is 8.67. The van der Waals surface area contributed by atoms with Crippen LogP contribution < -0.4 is 51.4 Å². The number of hydrogen-bond acceptors (Lipinski definition) is 6. The molecule has 0 aliphatic rings. The molecule has 1 heterocycles. The van der Waals surface area contributed by atoms with E-state index in [0.29, 0.717) is 0 Å². The number of aromatic amines is 1. The first-order chi connectivity index (χ1) is 5.11. The third-order valence-corrected chi connectivity index (χ3v) is 0.798. The topological polar surface area (TPSA) is 128 Å². The van der Waals surface area contributed by atoms with Crippen LogP contribution in [0.2, 0.25) is 0 Å². The van der Waals surface area contributed by atoms with E-state index in [4.69, 9.17) is 0 Å². The molecule has 0 aliphatic carbocycles. The van der Waals surface area contributed by atoms with Crippen molar-refractivity contribution in [1.29, 1.82) is 0 Å². The smallest absolute Gasteiger partial charge is 1.00 e. The van der Waals surface area contributed by atoms with Crippen LogP contribution >= 0.6 is 0 Å². The summed E-state index contributed by atoms with van der Waals surface area (Å²) in [5, 5.41) is 24.5. The van der Waals surface area contributed by atoms with Gasteiger partial charge in [-0.1, -0.05) is 5.10 Å². The van der Waals surface area contributed by atoms with Crippen molar-refractivity contribution in [3.05, 3.63) is 20.2 Å². The van der Waals surface area contributed by atoms with Gasteiger partial charge in [-0.25, -0.2) is 0 Å². The fourth-order valence-corrected chi connectivity index (χ4v) is 0.408. The van der Waals surface area contributed by atoms with E-state index >= 15 is 0 Å². The van der Waals surface area contributed by atoms with E-state index in [2.05, 4.69) is 10.1 Å². The Labute approximate surface area is 109 Å². The molecule has 1 N–H and O–H groups in total. The van der Waals surface area contributed by atoms with Gasteiger partial charge in [-0.05, 0) is 9.85 Å². The molecule has 0 bridgehead atoms. The quantitative estimate of drug-likeness (QED) is 0.302. The molecule has 0 aliphatic heterocycles. The molecule has 1 aromatic heterocycles. The van der Waals surface area contributed by atoms with Gasteiger partial charge in [0, 0.05) is 4.98 Å². The molecule has 0 radical (unpaired) electrons. The van der Waals surface area contributed by atoms with Crippen LogP contribution in [0.4, 0.5) is 11.9 Å². The summed E-state index contributed by atoms with van der Waals surface area (Å²) in [5.74, 6) is -1.55. The van der Waals surface area contributed by atoms with Gasteiger partial charge in [-0.2, -0.15) is 0 Å². The summed E-state index contributed by atoms with van der Waals surface area (Å²) in [6, 6.07) is 0. The third-order valence-electron chi connectivity index (χ3n) is 0.798. The maximum Gasteiger partial charge on any atom is 1.00 e. The molecular formula is C2H2KN5O4. The van der Waals surface area contributed by atoms with E-state index in [1.54, 1.807) is 5.10 Å². The van der Waals surface area contributed by atoms with Gasteiger partial charge in [0.05, 0.1) is 5.10 Å². The average molecular weight is 199 g/mol. The fourth-order valence-electron chi connectivity index (χ4n) is 0.408. The molecular weight excluding hydrogens is 197 g/mol. The Hall–Kier alpha value is -0.424. The number of rotatable bonds is 2. The van der Waals surface area contributed by atoms with Crippen LogP contribution in [-0.4, -0.2) is 25.0 Å². The van der Waals surface area contributed by atoms with E-state index in [0.717, 1.165) is 0 Å². The molecule has 0 fully saturated rings. The minimum absolute atomic E-state index is 0. The van der Waals surface area contributed by atoms with Crippen molar-refractivity contribution < 1.29 is 62.7 Å². The van der Waals surface area contributed by atoms with E-state index in [-0.39, 0.29) is 52.8 Å². The van der Waals surface area contributed by atoms with Gasteiger partial charge >= 0.3 is 63.3 Å². The van der Waals surface area contributed by atoms with E-state index < -0.39 is 21.7 Å². The number of aromatic nitrogens is 3. The largest absolute Gasteiger partial charge is 1.00 e. The van der Waals surface area contributed by atoms with Crippen LogP contribution in [0.5, 0.6) is 0 Å². The van der Waals surface area contributed by atoms with Gasteiger partial charge in [0.1, 0.15) is 0 Å². The Kier molecular flexibility index (Phi) is 4.40. The molecule has 1 rings (SSSR count). The fraction of sp³-hybridized carbons (Fsp3) is 0. The monoisotopic (exact) mass is 199 g/mol. The number of H-pyrrole nitrogens is 1. The van der Waals surface area contributed by atoms with Gasteiger partial charge in [-0.3, -0.25) is 0 Å². The Morgan fingerprint density at radius 1 is 1.33 bits per heavy atom. The standard InChI is InChI=1S/C2HN5O4.K.H/c8-6(9)1-3-2(5-4-1)7(10)11;;/h(H,3,4,5);;/q;+1;-1. The van der Waals surface area contributed by atoms with E-state index in [1.165, 1.54) is 0 Å². The van der Waals surface area contributed by atoms with Gasteiger partial charge in [-0.15, -0.1) is 0 Å². The zero-order valence-electron chi connectivity index (χ0n) is 6.92. The molecule has 0 amide bonds. The molecule has 10 heteroatoms.